The number of nitriles is 1. The molecule has 3 aromatic rings. The fraction of sp³-hybridized carbons (Fsp3) is 0.118. The molecule has 0 atom stereocenters. The zero-order valence-electron chi connectivity index (χ0n) is 11.6. The van der Waals surface area contributed by atoms with Gasteiger partial charge in [-0.2, -0.15) is 5.26 Å². The lowest BCUT2D eigenvalue weighted by Gasteiger charge is -2.12. The summed E-state index contributed by atoms with van der Waals surface area (Å²) in [7, 11) is 1.59. The number of furan rings is 1. The summed E-state index contributed by atoms with van der Waals surface area (Å²) in [6.45, 7) is 0.562. The first-order valence-electron chi connectivity index (χ1n) is 6.59. The number of anilines is 1. The maximum Gasteiger partial charge on any atom is 0.143 e. The van der Waals surface area contributed by atoms with Crippen LogP contribution in [0.25, 0.3) is 11.0 Å². The van der Waals surface area contributed by atoms with Gasteiger partial charge in [-0.05, 0) is 18.2 Å². The molecule has 0 aliphatic rings. The van der Waals surface area contributed by atoms with Crippen LogP contribution >= 0.6 is 0 Å². The van der Waals surface area contributed by atoms with Gasteiger partial charge in [0.05, 0.1) is 24.6 Å². The molecule has 21 heavy (non-hydrogen) atoms. The van der Waals surface area contributed by atoms with E-state index in [1.165, 1.54) is 0 Å². The number of rotatable bonds is 4. The molecule has 0 aliphatic heterocycles. The van der Waals surface area contributed by atoms with Crippen molar-refractivity contribution >= 4 is 16.7 Å². The summed E-state index contributed by atoms with van der Waals surface area (Å²) in [5.74, 6) is 0.654. The molecular weight excluding hydrogens is 264 g/mol. The van der Waals surface area contributed by atoms with E-state index < -0.39 is 0 Å². The van der Waals surface area contributed by atoms with Crippen LogP contribution in [0.2, 0.25) is 0 Å². The largest absolute Gasteiger partial charge is 0.495 e. The second kappa shape index (κ2) is 5.59. The molecule has 1 heterocycles. The van der Waals surface area contributed by atoms with Crippen LogP contribution in [0.3, 0.4) is 0 Å². The smallest absolute Gasteiger partial charge is 0.143 e. The molecule has 1 N–H and O–H groups in total. The molecule has 0 saturated heterocycles. The van der Waals surface area contributed by atoms with E-state index in [0.717, 1.165) is 16.5 Å². The Labute approximate surface area is 122 Å². The van der Waals surface area contributed by atoms with E-state index in [9.17, 15) is 5.26 Å². The van der Waals surface area contributed by atoms with Crippen molar-refractivity contribution in [2.24, 2.45) is 0 Å². The molecule has 104 valence electrons. The zero-order valence-corrected chi connectivity index (χ0v) is 11.6. The first-order chi connectivity index (χ1) is 10.3. The van der Waals surface area contributed by atoms with Crippen LogP contribution in [-0.2, 0) is 6.54 Å². The molecular formula is C17H14N2O2. The lowest BCUT2D eigenvalue weighted by Crippen LogP contribution is -2.03. The molecule has 0 aliphatic carbocycles. The van der Waals surface area contributed by atoms with Crippen molar-refractivity contribution in [3.63, 3.8) is 0 Å². The number of benzene rings is 2. The van der Waals surface area contributed by atoms with E-state index in [1.807, 2.05) is 30.3 Å². The van der Waals surface area contributed by atoms with E-state index in [2.05, 4.69) is 11.4 Å². The van der Waals surface area contributed by atoms with Crippen LogP contribution in [0, 0.1) is 11.3 Å². The first-order valence-corrected chi connectivity index (χ1v) is 6.59. The van der Waals surface area contributed by atoms with Gasteiger partial charge in [-0.1, -0.05) is 24.3 Å². The molecule has 4 nitrogen and oxygen atoms in total. The summed E-state index contributed by atoms with van der Waals surface area (Å²) >= 11 is 0. The Morgan fingerprint density at radius 1 is 1.19 bits per heavy atom. The second-order valence-corrected chi connectivity index (χ2v) is 4.61. The maximum absolute atomic E-state index is 9.20. The molecule has 0 spiro atoms. The van der Waals surface area contributed by atoms with Crippen molar-refractivity contribution in [2.75, 3.05) is 12.4 Å². The minimum atomic E-state index is 0.558. The van der Waals surface area contributed by atoms with Gasteiger partial charge in [0.15, 0.2) is 0 Å². The van der Waals surface area contributed by atoms with Gasteiger partial charge in [-0.25, -0.2) is 0 Å². The molecule has 0 radical (unpaired) electrons. The van der Waals surface area contributed by atoms with Crippen molar-refractivity contribution in [3.05, 3.63) is 59.9 Å². The molecule has 0 fully saturated rings. The topological polar surface area (TPSA) is 58.2 Å². The van der Waals surface area contributed by atoms with Crippen molar-refractivity contribution in [3.8, 4) is 11.8 Å². The van der Waals surface area contributed by atoms with Gasteiger partial charge in [0, 0.05) is 17.5 Å². The highest BCUT2D eigenvalue weighted by Gasteiger charge is 2.10. The van der Waals surface area contributed by atoms with Gasteiger partial charge in [0.2, 0.25) is 0 Å². The summed E-state index contributed by atoms with van der Waals surface area (Å²) < 4.78 is 10.8. The average Bonchev–Trinajstić information content (AvgIpc) is 2.95. The predicted molar refractivity (Wildman–Crippen MR) is 81.2 cm³/mol. The number of nitrogens with one attached hydrogen (secondary N) is 1. The van der Waals surface area contributed by atoms with E-state index in [-0.39, 0.29) is 0 Å². The van der Waals surface area contributed by atoms with Crippen molar-refractivity contribution in [1.82, 2.24) is 0 Å². The lowest BCUT2D eigenvalue weighted by atomic mass is 10.1. The molecule has 0 amide bonds. The highest BCUT2D eigenvalue weighted by atomic mass is 16.5. The Morgan fingerprint density at radius 3 is 2.86 bits per heavy atom. The van der Waals surface area contributed by atoms with Gasteiger partial charge in [-0.3, -0.25) is 0 Å². The third-order valence-corrected chi connectivity index (χ3v) is 3.38. The highest BCUT2D eigenvalue weighted by Crippen LogP contribution is 2.29. The van der Waals surface area contributed by atoms with Crippen LogP contribution in [0.5, 0.6) is 5.75 Å². The van der Waals surface area contributed by atoms with Gasteiger partial charge >= 0.3 is 0 Å². The van der Waals surface area contributed by atoms with Crippen molar-refractivity contribution in [2.45, 2.75) is 6.54 Å². The lowest BCUT2D eigenvalue weighted by molar-refractivity contribution is 0.416. The van der Waals surface area contributed by atoms with Crippen LogP contribution in [-0.4, -0.2) is 7.11 Å². The van der Waals surface area contributed by atoms with Gasteiger partial charge in [-0.15, -0.1) is 0 Å². The fourth-order valence-electron chi connectivity index (χ4n) is 2.33. The molecule has 0 unspecified atom stereocenters. The number of fused-ring (bicyclic) bond motifs is 1. The Bertz CT molecular complexity index is 815. The fourth-order valence-corrected chi connectivity index (χ4v) is 2.33. The van der Waals surface area contributed by atoms with E-state index in [0.29, 0.717) is 23.5 Å². The maximum atomic E-state index is 9.20. The van der Waals surface area contributed by atoms with Crippen LogP contribution < -0.4 is 10.1 Å². The number of para-hydroxylation sites is 2. The standard InChI is InChI=1S/C17H14N2O2/c1-20-16-8-4-5-12(9-18)17(16)19-10-13-11-21-15-7-3-2-6-14(13)15/h2-8,11,19H,10H2,1H3. The Kier molecular flexibility index (Phi) is 3.48. The van der Waals surface area contributed by atoms with Crippen LogP contribution in [0.1, 0.15) is 11.1 Å². The van der Waals surface area contributed by atoms with Gasteiger partial charge < -0.3 is 14.5 Å². The van der Waals surface area contributed by atoms with E-state index in [4.69, 9.17) is 9.15 Å². The average molecular weight is 278 g/mol. The summed E-state index contributed by atoms with van der Waals surface area (Å²) in [5, 5.41) is 13.5. The predicted octanol–water partition coefficient (Wildman–Crippen LogP) is 3.93. The number of hydrogen-bond acceptors (Lipinski definition) is 4. The number of ether oxygens (including phenoxy) is 1. The van der Waals surface area contributed by atoms with Crippen molar-refractivity contribution < 1.29 is 9.15 Å². The van der Waals surface area contributed by atoms with Gasteiger partial charge in [0.25, 0.3) is 0 Å². The molecule has 0 saturated carbocycles. The second-order valence-electron chi connectivity index (χ2n) is 4.61. The minimum Gasteiger partial charge on any atom is -0.495 e. The summed E-state index contributed by atoms with van der Waals surface area (Å²) in [4.78, 5) is 0. The molecule has 3 rings (SSSR count). The number of hydrogen-bond donors (Lipinski definition) is 1. The van der Waals surface area contributed by atoms with Crippen LogP contribution in [0.4, 0.5) is 5.69 Å². The monoisotopic (exact) mass is 278 g/mol. The summed E-state index contributed by atoms with van der Waals surface area (Å²) in [5.41, 5.74) is 3.16. The summed E-state index contributed by atoms with van der Waals surface area (Å²) in [6, 6.07) is 15.4. The minimum absolute atomic E-state index is 0.558. The molecule has 2 aromatic carbocycles. The quantitative estimate of drug-likeness (QED) is 0.785. The first kappa shape index (κ1) is 13.1. The SMILES string of the molecule is COc1cccc(C#N)c1NCc1coc2ccccc12. The van der Waals surface area contributed by atoms with E-state index in [1.54, 1.807) is 25.5 Å². The number of nitrogens with zero attached hydrogens (tertiary/aromatic N) is 1. The van der Waals surface area contributed by atoms with Gasteiger partial charge in [0.1, 0.15) is 17.4 Å². The normalized spacial score (nSPS) is 10.3. The Hall–Kier alpha value is -2.93. The summed E-state index contributed by atoms with van der Waals surface area (Å²) in [6.07, 6.45) is 1.74. The van der Waals surface area contributed by atoms with Crippen LogP contribution in [0.15, 0.2) is 53.1 Å². The zero-order chi connectivity index (χ0) is 14.7. The highest BCUT2D eigenvalue weighted by molar-refractivity contribution is 5.81. The Morgan fingerprint density at radius 2 is 2.05 bits per heavy atom. The third-order valence-electron chi connectivity index (χ3n) is 3.38. The Balaban J connectivity index is 1.90. The number of methoxy groups -OCH3 is 1. The molecule has 1 aromatic heterocycles. The molecule has 0 bridgehead atoms. The van der Waals surface area contributed by atoms with Crippen molar-refractivity contribution in [1.29, 1.82) is 5.26 Å². The molecule has 4 heteroatoms. The third kappa shape index (κ3) is 2.41. The van der Waals surface area contributed by atoms with E-state index >= 15 is 0 Å².